The normalized spacial score (nSPS) is 12.8. The van der Waals surface area contributed by atoms with E-state index in [0.717, 1.165) is 0 Å². The summed E-state index contributed by atoms with van der Waals surface area (Å²) in [5.41, 5.74) is 5.85. The highest BCUT2D eigenvalue weighted by Gasteiger charge is 2.27. The van der Waals surface area contributed by atoms with Crippen molar-refractivity contribution in [1.29, 1.82) is 0 Å². The van der Waals surface area contributed by atoms with Gasteiger partial charge in [-0.05, 0) is 6.07 Å². The largest absolute Gasteiger partial charge is 0.411 e. The Bertz CT molecular complexity index is 498. The Hall–Kier alpha value is -1.10. The van der Waals surface area contributed by atoms with Gasteiger partial charge in [-0.25, -0.2) is 13.1 Å². The number of H-pyrrole nitrogens is 1. The summed E-state index contributed by atoms with van der Waals surface area (Å²) in [5, 5.41) is 0. The number of aromatic nitrogens is 1. The van der Waals surface area contributed by atoms with Gasteiger partial charge in [0.05, 0.1) is 11.5 Å². The van der Waals surface area contributed by atoms with Gasteiger partial charge in [-0.3, -0.25) is 0 Å². The summed E-state index contributed by atoms with van der Waals surface area (Å²) in [4.78, 5) is 2.63. The fourth-order valence-corrected chi connectivity index (χ4v) is 2.24. The summed E-state index contributed by atoms with van der Waals surface area (Å²) in [6.07, 6.45) is -3.17. The van der Waals surface area contributed by atoms with Crippen molar-refractivity contribution in [3.8, 4) is 0 Å². The summed E-state index contributed by atoms with van der Waals surface area (Å²) in [6, 6.07) is 1.35. The first-order valence-electron chi connectivity index (χ1n) is 5.26. The van der Waals surface area contributed by atoms with Gasteiger partial charge < -0.3 is 15.5 Å². The molecule has 0 spiro atoms. The average molecular weight is 301 g/mol. The fraction of sp³-hybridized carbons (Fsp3) is 0.556. The zero-order chi connectivity index (χ0) is 14.5. The molecule has 0 saturated heterocycles. The molecule has 19 heavy (non-hydrogen) atoms. The van der Waals surface area contributed by atoms with Crippen LogP contribution in [0.25, 0.3) is 0 Å². The van der Waals surface area contributed by atoms with Gasteiger partial charge >= 0.3 is 6.18 Å². The number of sulfonamides is 1. The van der Waals surface area contributed by atoms with Crippen LogP contribution in [0.1, 0.15) is 5.69 Å². The third-order valence-electron chi connectivity index (χ3n) is 2.05. The van der Waals surface area contributed by atoms with Gasteiger partial charge in [0.2, 0.25) is 10.0 Å². The molecule has 0 fully saturated rings. The number of hydrogen-bond acceptors (Lipinski definition) is 4. The Kier molecular flexibility index (Phi) is 5.35. The second-order valence-corrected chi connectivity index (χ2v) is 5.40. The lowest BCUT2D eigenvalue weighted by atomic mass is 10.4. The highest BCUT2D eigenvalue weighted by Crippen LogP contribution is 2.14. The summed E-state index contributed by atoms with van der Waals surface area (Å²) in [6.45, 7) is -1.87. The number of ether oxygens (including phenoxy) is 1. The Morgan fingerprint density at radius 3 is 2.63 bits per heavy atom. The summed E-state index contributed by atoms with van der Waals surface area (Å²) >= 11 is 0. The van der Waals surface area contributed by atoms with Crippen LogP contribution in [0, 0.1) is 0 Å². The minimum atomic E-state index is -4.42. The van der Waals surface area contributed by atoms with Gasteiger partial charge in [-0.2, -0.15) is 13.2 Å². The van der Waals surface area contributed by atoms with Gasteiger partial charge in [-0.1, -0.05) is 0 Å². The molecular formula is C9H14F3N3O3S. The Morgan fingerprint density at radius 2 is 2.11 bits per heavy atom. The van der Waals surface area contributed by atoms with Crippen LogP contribution in [-0.4, -0.2) is 39.3 Å². The molecule has 10 heteroatoms. The van der Waals surface area contributed by atoms with E-state index in [1.54, 1.807) is 0 Å². The van der Waals surface area contributed by atoms with Crippen LogP contribution in [0.3, 0.4) is 0 Å². The molecule has 110 valence electrons. The number of aromatic amines is 1. The van der Waals surface area contributed by atoms with E-state index >= 15 is 0 Å². The number of nitrogens with two attached hydrogens (primary N) is 1. The van der Waals surface area contributed by atoms with Crippen LogP contribution in [0.5, 0.6) is 0 Å². The fourth-order valence-electron chi connectivity index (χ4n) is 1.21. The van der Waals surface area contributed by atoms with E-state index in [1.807, 2.05) is 0 Å². The highest BCUT2D eigenvalue weighted by molar-refractivity contribution is 7.89. The van der Waals surface area contributed by atoms with Gasteiger partial charge in [0.15, 0.2) is 0 Å². The van der Waals surface area contributed by atoms with Crippen molar-refractivity contribution in [3.05, 3.63) is 18.0 Å². The zero-order valence-corrected chi connectivity index (χ0v) is 10.6. The lowest BCUT2D eigenvalue weighted by Crippen LogP contribution is -2.28. The van der Waals surface area contributed by atoms with E-state index in [1.165, 1.54) is 12.3 Å². The molecule has 4 N–H and O–H groups in total. The third-order valence-corrected chi connectivity index (χ3v) is 3.49. The maximum atomic E-state index is 11.7. The first kappa shape index (κ1) is 16.0. The minimum absolute atomic E-state index is 0.0243. The van der Waals surface area contributed by atoms with Crippen LogP contribution in [0.4, 0.5) is 13.2 Å². The van der Waals surface area contributed by atoms with Crippen LogP contribution >= 0.6 is 0 Å². The minimum Gasteiger partial charge on any atom is -0.371 e. The van der Waals surface area contributed by atoms with E-state index in [2.05, 4.69) is 14.4 Å². The van der Waals surface area contributed by atoms with Crippen LogP contribution < -0.4 is 10.5 Å². The lowest BCUT2D eigenvalue weighted by molar-refractivity contribution is -0.173. The smallest absolute Gasteiger partial charge is 0.371 e. The summed E-state index contributed by atoms with van der Waals surface area (Å²) < 4.78 is 65.0. The zero-order valence-electron chi connectivity index (χ0n) is 9.83. The van der Waals surface area contributed by atoms with E-state index in [0.29, 0.717) is 5.69 Å². The standard InChI is InChI=1S/C9H14F3N3O3S/c10-9(11,12)6-18-2-1-15-19(16,17)8-3-7(4-13)14-5-8/h3,5,14-15H,1-2,4,6,13H2. The molecule has 1 heterocycles. The predicted molar refractivity (Wildman–Crippen MR) is 60.7 cm³/mol. The molecule has 0 aliphatic heterocycles. The van der Waals surface area contributed by atoms with Gasteiger partial charge in [0, 0.05) is 25.0 Å². The van der Waals surface area contributed by atoms with Crippen molar-refractivity contribution < 1.29 is 26.3 Å². The summed E-state index contributed by atoms with van der Waals surface area (Å²) in [5.74, 6) is 0. The molecule has 6 nitrogen and oxygen atoms in total. The van der Waals surface area contributed by atoms with Gasteiger partial charge in [0.1, 0.15) is 6.61 Å². The lowest BCUT2D eigenvalue weighted by Gasteiger charge is -2.08. The molecule has 1 aromatic heterocycles. The Balaban J connectivity index is 2.39. The van der Waals surface area contributed by atoms with E-state index in [-0.39, 0.29) is 24.6 Å². The number of nitrogens with one attached hydrogen (secondary N) is 2. The summed E-state index contributed by atoms with van der Waals surface area (Å²) in [7, 11) is -3.76. The average Bonchev–Trinajstić information content (AvgIpc) is 2.76. The first-order valence-corrected chi connectivity index (χ1v) is 6.74. The van der Waals surface area contributed by atoms with Crippen LogP contribution in [0.15, 0.2) is 17.2 Å². The predicted octanol–water partition coefficient (Wildman–Crippen LogP) is 0.331. The Morgan fingerprint density at radius 1 is 1.42 bits per heavy atom. The third kappa shape index (κ3) is 5.59. The number of rotatable bonds is 7. The van der Waals surface area contributed by atoms with Crippen molar-refractivity contribution in [3.63, 3.8) is 0 Å². The van der Waals surface area contributed by atoms with Crippen LogP contribution in [-0.2, 0) is 21.3 Å². The van der Waals surface area contributed by atoms with Crippen molar-refractivity contribution in [2.24, 2.45) is 5.73 Å². The molecule has 0 radical (unpaired) electrons. The van der Waals surface area contributed by atoms with E-state index in [9.17, 15) is 21.6 Å². The molecule has 0 aliphatic rings. The van der Waals surface area contributed by atoms with Crippen molar-refractivity contribution in [2.45, 2.75) is 17.6 Å². The monoisotopic (exact) mass is 301 g/mol. The quantitative estimate of drug-likeness (QED) is 0.632. The molecule has 1 aromatic rings. The number of hydrogen-bond donors (Lipinski definition) is 3. The first-order chi connectivity index (χ1) is 8.74. The molecule has 1 rings (SSSR count). The van der Waals surface area contributed by atoms with E-state index in [4.69, 9.17) is 5.73 Å². The van der Waals surface area contributed by atoms with Crippen LogP contribution in [0.2, 0.25) is 0 Å². The molecule has 0 atom stereocenters. The molecular weight excluding hydrogens is 287 g/mol. The molecule has 0 saturated carbocycles. The van der Waals surface area contributed by atoms with Crippen molar-refractivity contribution >= 4 is 10.0 Å². The molecule has 0 aliphatic carbocycles. The van der Waals surface area contributed by atoms with Gasteiger partial charge in [-0.15, -0.1) is 0 Å². The SMILES string of the molecule is NCc1cc(S(=O)(=O)NCCOCC(F)(F)F)c[nH]1. The molecule has 0 aromatic carbocycles. The Labute approximate surface area is 108 Å². The van der Waals surface area contributed by atoms with E-state index < -0.39 is 22.8 Å². The van der Waals surface area contributed by atoms with Crippen molar-refractivity contribution in [2.75, 3.05) is 19.8 Å². The second-order valence-electron chi connectivity index (χ2n) is 3.63. The topological polar surface area (TPSA) is 97.2 Å². The molecule has 0 amide bonds. The molecule has 0 bridgehead atoms. The number of alkyl halides is 3. The number of halogens is 3. The van der Waals surface area contributed by atoms with Crippen molar-refractivity contribution in [1.82, 2.24) is 9.71 Å². The maximum Gasteiger partial charge on any atom is 0.411 e. The highest BCUT2D eigenvalue weighted by atomic mass is 32.2. The van der Waals surface area contributed by atoms with Gasteiger partial charge in [0.25, 0.3) is 0 Å². The molecule has 0 unspecified atom stereocenters. The second kappa shape index (κ2) is 6.37. The maximum absolute atomic E-state index is 11.7.